The molecule has 0 unspecified atom stereocenters. The van der Waals surface area contributed by atoms with Crippen LogP contribution in [0.3, 0.4) is 0 Å². The van der Waals surface area contributed by atoms with Gasteiger partial charge in [0.15, 0.2) is 0 Å². The van der Waals surface area contributed by atoms with Gasteiger partial charge in [0.25, 0.3) is 0 Å². The summed E-state index contributed by atoms with van der Waals surface area (Å²) >= 11 is 3.77. The minimum absolute atomic E-state index is 0.190. The van der Waals surface area contributed by atoms with Crippen molar-refractivity contribution in [3.8, 4) is 11.1 Å². The van der Waals surface area contributed by atoms with E-state index in [-0.39, 0.29) is 16.2 Å². The maximum absolute atomic E-state index is 2.59. The van der Waals surface area contributed by atoms with Crippen molar-refractivity contribution in [3.05, 3.63) is 230 Å². The van der Waals surface area contributed by atoms with Gasteiger partial charge in [0, 0.05) is 59.1 Å². The first kappa shape index (κ1) is 44.0. The van der Waals surface area contributed by atoms with Crippen molar-refractivity contribution in [2.24, 2.45) is 10.8 Å². The number of para-hydroxylation sites is 2. The van der Waals surface area contributed by atoms with Crippen LogP contribution in [0.1, 0.15) is 52.7 Å². The van der Waals surface area contributed by atoms with Gasteiger partial charge in [-0.05, 0) is 150 Å². The molecule has 2 heterocycles. The Morgan fingerprint density at radius 1 is 0.342 bits per heavy atom. The van der Waals surface area contributed by atoms with Crippen LogP contribution in [0.5, 0.6) is 0 Å². The standard InChI is InChI=1S/C69H54N2S2/c1-67(2,3)69(68(4,5)6)58-41-44-39-47(70(45-21-9-7-10-22-45)59-31-19-29-54-50-26-15-17-33-61(50)72-65(54)59)36-35-43(44)40-57(58)63-52-28-14-13-25-49(52)56-42-48(37-38-53(56)64(63)69)71(46-23-11-8-12-24-46)60-32-20-30-55-51-27-16-18-34-62(51)73-66(55)60/h7-42H,1-6H3. The molecular formula is C69H54N2S2. The molecule has 0 radical (unpaired) electrons. The Kier molecular flexibility index (Phi) is 9.71. The molecule has 0 saturated carbocycles. The summed E-state index contributed by atoms with van der Waals surface area (Å²) in [4.78, 5) is 4.96. The second-order valence-corrected chi connectivity index (χ2v) is 24.2. The highest BCUT2D eigenvalue weighted by molar-refractivity contribution is 7.26. The Hall–Kier alpha value is -7.76. The molecule has 2 nitrogen and oxygen atoms in total. The molecular weight excluding hydrogens is 921 g/mol. The topological polar surface area (TPSA) is 6.48 Å². The molecule has 11 aromatic carbocycles. The molecule has 0 bridgehead atoms. The molecule has 0 aliphatic heterocycles. The van der Waals surface area contributed by atoms with E-state index in [4.69, 9.17) is 0 Å². The van der Waals surface area contributed by atoms with Gasteiger partial charge in [0.2, 0.25) is 0 Å². The number of fused-ring (bicyclic) bond motifs is 15. The summed E-state index contributed by atoms with van der Waals surface area (Å²) in [5.41, 5.74) is 11.8. The first-order valence-corrected chi connectivity index (χ1v) is 27.2. The van der Waals surface area contributed by atoms with E-state index < -0.39 is 0 Å². The van der Waals surface area contributed by atoms with Crippen molar-refractivity contribution in [2.45, 2.75) is 47.0 Å². The van der Waals surface area contributed by atoms with Gasteiger partial charge in [0.05, 0.1) is 20.8 Å². The Morgan fingerprint density at radius 2 is 0.822 bits per heavy atom. The summed E-state index contributed by atoms with van der Waals surface area (Å²) in [6, 6.07) is 81.9. The molecule has 13 aromatic rings. The van der Waals surface area contributed by atoms with Gasteiger partial charge in [-0.25, -0.2) is 0 Å². The van der Waals surface area contributed by atoms with Gasteiger partial charge in [-0.3, -0.25) is 0 Å². The van der Waals surface area contributed by atoms with E-state index in [1.54, 1.807) is 0 Å². The fourth-order valence-electron chi connectivity index (χ4n) is 13.6. The quantitative estimate of drug-likeness (QED) is 0.153. The van der Waals surface area contributed by atoms with Gasteiger partial charge in [-0.1, -0.05) is 175 Å². The van der Waals surface area contributed by atoms with Crippen LogP contribution in [-0.4, -0.2) is 0 Å². The molecule has 0 N–H and O–H groups in total. The lowest BCUT2D eigenvalue weighted by molar-refractivity contribution is 0.0965. The maximum atomic E-state index is 2.59. The summed E-state index contributed by atoms with van der Waals surface area (Å²) in [5, 5.41) is 12.9. The van der Waals surface area contributed by atoms with Crippen LogP contribution in [0.4, 0.5) is 34.1 Å². The smallest absolute Gasteiger partial charge is 0.0640 e. The number of rotatable bonds is 6. The Labute approximate surface area is 435 Å². The van der Waals surface area contributed by atoms with E-state index in [0.717, 1.165) is 22.7 Å². The average Bonchev–Trinajstić information content (AvgIpc) is 4.11. The van der Waals surface area contributed by atoms with Crippen LogP contribution in [0.2, 0.25) is 0 Å². The van der Waals surface area contributed by atoms with Crippen molar-refractivity contribution < 1.29 is 0 Å². The fraction of sp³-hybridized carbons (Fsp3) is 0.130. The second kappa shape index (κ2) is 16.1. The van der Waals surface area contributed by atoms with Gasteiger partial charge in [0.1, 0.15) is 0 Å². The Balaban J connectivity index is 1.01. The number of nitrogens with zero attached hydrogens (tertiary/aromatic N) is 2. The first-order chi connectivity index (χ1) is 35.5. The van der Waals surface area contributed by atoms with Crippen molar-refractivity contribution in [2.75, 3.05) is 9.80 Å². The average molecular weight is 975 g/mol. The third-order valence-electron chi connectivity index (χ3n) is 16.1. The van der Waals surface area contributed by atoms with Crippen molar-refractivity contribution in [1.29, 1.82) is 0 Å². The van der Waals surface area contributed by atoms with E-state index in [0.29, 0.717) is 0 Å². The van der Waals surface area contributed by atoms with Crippen molar-refractivity contribution in [3.63, 3.8) is 0 Å². The van der Waals surface area contributed by atoms with E-state index in [1.807, 2.05) is 22.7 Å². The Morgan fingerprint density at radius 3 is 1.38 bits per heavy atom. The lowest BCUT2D eigenvalue weighted by Crippen LogP contribution is -2.50. The molecule has 1 aliphatic carbocycles. The zero-order valence-corrected chi connectivity index (χ0v) is 43.6. The largest absolute Gasteiger partial charge is 0.309 e. The van der Waals surface area contributed by atoms with Crippen LogP contribution in [-0.2, 0) is 5.41 Å². The van der Waals surface area contributed by atoms with Crippen LogP contribution in [0.25, 0.3) is 83.8 Å². The molecule has 0 amide bonds. The third-order valence-corrected chi connectivity index (χ3v) is 18.5. The van der Waals surface area contributed by atoms with Gasteiger partial charge < -0.3 is 9.80 Å². The van der Waals surface area contributed by atoms with Gasteiger partial charge >= 0.3 is 0 Å². The first-order valence-electron chi connectivity index (χ1n) is 25.6. The van der Waals surface area contributed by atoms with E-state index >= 15 is 0 Å². The van der Waals surface area contributed by atoms with Crippen LogP contribution < -0.4 is 9.80 Å². The van der Waals surface area contributed by atoms with Crippen LogP contribution in [0, 0.1) is 10.8 Å². The van der Waals surface area contributed by atoms with Gasteiger partial charge in [-0.2, -0.15) is 0 Å². The number of hydrogen-bond donors (Lipinski definition) is 0. The van der Waals surface area contributed by atoms with E-state index in [1.165, 1.54) is 106 Å². The summed E-state index contributed by atoms with van der Waals surface area (Å²) in [5.74, 6) is 0. The summed E-state index contributed by atoms with van der Waals surface area (Å²) in [7, 11) is 0. The highest BCUT2D eigenvalue weighted by Crippen LogP contribution is 2.68. The summed E-state index contributed by atoms with van der Waals surface area (Å²) in [6.45, 7) is 14.9. The monoisotopic (exact) mass is 974 g/mol. The number of anilines is 6. The highest BCUT2D eigenvalue weighted by Gasteiger charge is 2.59. The molecule has 14 rings (SSSR count). The highest BCUT2D eigenvalue weighted by atomic mass is 32.1. The molecule has 0 fully saturated rings. The van der Waals surface area contributed by atoms with E-state index in [9.17, 15) is 0 Å². The fourth-order valence-corrected chi connectivity index (χ4v) is 16.0. The molecule has 0 saturated heterocycles. The second-order valence-electron chi connectivity index (χ2n) is 22.1. The number of benzene rings is 11. The zero-order chi connectivity index (χ0) is 49.4. The van der Waals surface area contributed by atoms with E-state index in [2.05, 4.69) is 270 Å². The molecule has 0 spiro atoms. The zero-order valence-electron chi connectivity index (χ0n) is 42.0. The summed E-state index contributed by atoms with van der Waals surface area (Å²) < 4.78 is 5.20. The number of hydrogen-bond acceptors (Lipinski definition) is 4. The maximum Gasteiger partial charge on any atom is 0.0640 e. The normalized spacial score (nSPS) is 13.5. The number of thiophene rings is 2. The lowest BCUT2D eigenvalue weighted by atomic mass is 9.49. The predicted octanol–water partition coefficient (Wildman–Crippen LogP) is 21.2. The predicted molar refractivity (Wildman–Crippen MR) is 319 cm³/mol. The molecule has 0 atom stereocenters. The molecule has 2 aromatic heterocycles. The third kappa shape index (κ3) is 6.40. The summed E-state index contributed by atoms with van der Waals surface area (Å²) in [6.07, 6.45) is 0. The lowest BCUT2D eigenvalue weighted by Gasteiger charge is -2.53. The molecule has 4 heteroatoms. The van der Waals surface area contributed by atoms with Crippen molar-refractivity contribution >= 4 is 129 Å². The SMILES string of the molecule is CC(C)(C)C1(C(C)(C)C)c2cc3cc(N(c4ccccc4)c4cccc5c4sc4ccccc45)ccc3cc2-c2c1c1ccc(N(c3ccccc3)c3cccc4c3sc3ccccc34)cc1c1ccccc21. The molecule has 352 valence electrons. The minimum Gasteiger partial charge on any atom is -0.309 e. The van der Waals surface area contributed by atoms with Crippen LogP contribution >= 0.6 is 22.7 Å². The van der Waals surface area contributed by atoms with Crippen molar-refractivity contribution in [1.82, 2.24) is 0 Å². The van der Waals surface area contributed by atoms with Gasteiger partial charge in [-0.15, -0.1) is 22.7 Å². The molecule has 73 heavy (non-hydrogen) atoms. The molecule has 1 aliphatic rings. The Bertz CT molecular complexity index is 4340. The van der Waals surface area contributed by atoms with Crippen LogP contribution in [0.15, 0.2) is 218 Å². The minimum atomic E-state index is -0.387.